The summed E-state index contributed by atoms with van der Waals surface area (Å²) in [4.78, 5) is 6.53. The van der Waals surface area contributed by atoms with Gasteiger partial charge in [-0.05, 0) is 36.4 Å². The lowest BCUT2D eigenvalue weighted by atomic mass is 10.1. The molecule has 102 valence electrons. The van der Waals surface area contributed by atoms with Crippen molar-refractivity contribution in [3.63, 3.8) is 0 Å². The Morgan fingerprint density at radius 2 is 1.76 bits per heavy atom. The molecule has 0 amide bonds. The van der Waals surface area contributed by atoms with E-state index in [0.29, 0.717) is 17.2 Å². The van der Waals surface area contributed by atoms with Gasteiger partial charge in [0.2, 0.25) is 0 Å². The molecule has 0 spiro atoms. The summed E-state index contributed by atoms with van der Waals surface area (Å²) in [6.45, 7) is 0. The van der Waals surface area contributed by atoms with Gasteiger partial charge in [-0.25, -0.2) is 4.98 Å². The Bertz CT molecular complexity index is 802. The fourth-order valence-electron chi connectivity index (χ4n) is 2.52. The summed E-state index contributed by atoms with van der Waals surface area (Å²) >= 11 is 0. The molecule has 4 heteroatoms. The molecule has 0 aliphatic carbocycles. The van der Waals surface area contributed by atoms with Crippen LogP contribution in [0.5, 0.6) is 11.5 Å². The van der Waals surface area contributed by atoms with Crippen LogP contribution in [-0.4, -0.2) is 4.98 Å². The number of para-hydroxylation sites is 2. The summed E-state index contributed by atoms with van der Waals surface area (Å²) in [5.41, 5.74) is 8.60. The van der Waals surface area contributed by atoms with Crippen LogP contribution in [0.2, 0.25) is 0 Å². The lowest BCUT2D eigenvalue weighted by Gasteiger charge is -2.32. The number of pyridine rings is 1. The van der Waals surface area contributed by atoms with E-state index in [4.69, 9.17) is 10.5 Å². The van der Waals surface area contributed by atoms with Gasteiger partial charge in [0, 0.05) is 11.9 Å². The second kappa shape index (κ2) is 4.52. The second-order valence-electron chi connectivity index (χ2n) is 4.79. The maximum Gasteiger partial charge on any atom is 0.181 e. The molecule has 1 aromatic heterocycles. The van der Waals surface area contributed by atoms with Gasteiger partial charge < -0.3 is 10.5 Å². The van der Waals surface area contributed by atoms with Gasteiger partial charge >= 0.3 is 0 Å². The van der Waals surface area contributed by atoms with E-state index in [0.717, 1.165) is 17.2 Å². The fourth-order valence-corrected chi connectivity index (χ4v) is 2.52. The topological polar surface area (TPSA) is 51.4 Å². The molecule has 0 fully saturated rings. The number of hydrogen-bond donors (Lipinski definition) is 1. The first-order valence-electron chi connectivity index (χ1n) is 6.71. The molecule has 3 aromatic rings. The van der Waals surface area contributed by atoms with Crippen LogP contribution in [0.25, 0.3) is 0 Å². The Balaban J connectivity index is 2.00. The summed E-state index contributed by atoms with van der Waals surface area (Å²) in [5, 5.41) is 0. The van der Waals surface area contributed by atoms with Gasteiger partial charge in [-0.2, -0.15) is 0 Å². The smallest absolute Gasteiger partial charge is 0.181 e. The van der Waals surface area contributed by atoms with Crippen molar-refractivity contribution in [1.29, 1.82) is 0 Å². The summed E-state index contributed by atoms with van der Waals surface area (Å²) in [6.07, 6.45) is 1.76. The van der Waals surface area contributed by atoms with Crippen LogP contribution in [0.15, 0.2) is 66.9 Å². The predicted molar refractivity (Wildman–Crippen MR) is 83.4 cm³/mol. The minimum atomic E-state index is 0.614. The third kappa shape index (κ3) is 1.80. The largest absolute Gasteiger partial charge is 0.449 e. The first-order chi connectivity index (χ1) is 10.3. The fraction of sp³-hybridized carbons (Fsp3) is 0. The number of nitrogens with two attached hydrogens (primary N) is 1. The minimum absolute atomic E-state index is 0.614. The second-order valence-corrected chi connectivity index (χ2v) is 4.79. The van der Waals surface area contributed by atoms with Crippen molar-refractivity contribution in [2.75, 3.05) is 10.6 Å². The zero-order valence-electron chi connectivity index (χ0n) is 11.2. The van der Waals surface area contributed by atoms with E-state index in [-0.39, 0.29) is 0 Å². The zero-order chi connectivity index (χ0) is 14.2. The van der Waals surface area contributed by atoms with Crippen LogP contribution in [-0.2, 0) is 0 Å². The van der Waals surface area contributed by atoms with Gasteiger partial charge in [-0.3, -0.25) is 4.90 Å². The zero-order valence-corrected chi connectivity index (χ0v) is 11.2. The highest BCUT2D eigenvalue weighted by Crippen LogP contribution is 2.50. The molecule has 0 atom stereocenters. The maximum absolute atomic E-state index is 6.07. The normalized spacial score (nSPS) is 12.3. The number of nitrogen functional groups attached to an aromatic ring is 1. The molecular formula is C17H13N3O. The van der Waals surface area contributed by atoms with Crippen molar-refractivity contribution in [1.82, 2.24) is 4.98 Å². The first-order valence-corrected chi connectivity index (χ1v) is 6.71. The van der Waals surface area contributed by atoms with Crippen LogP contribution in [0.1, 0.15) is 0 Å². The molecule has 0 saturated carbocycles. The van der Waals surface area contributed by atoms with Crippen molar-refractivity contribution in [3.05, 3.63) is 66.9 Å². The van der Waals surface area contributed by atoms with Gasteiger partial charge in [0.05, 0.1) is 11.4 Å². The van der Waals surface area contributed by atoms with E-state index in [1.807, 2.05) is 60.7 Å². The highest BCUT2D eigenvalue weighted by atomic mass is 16.5. The molecular weight excluding hydrogens is 262 g/mol. The van der Waals surface area contributed by atoms with Gasteiger partial charge in [-0.15, -0.1) is 0 Å². The van der Waals surface area contributed by atoms with Crippen molar-refractivity contribution < 1.29 is 4.74 Å². The maximum atomic E-state index is 6.07. The number of anilines is 4. The molecule has 0 saturated heterocycles. The van der Waals surface area contributed by atoms with Gasteiger partial charge in [0.25, 0.3) is 0 Å². The molecule has 1 aliphatic heterocycles. The number of hydrogen-bond acceptors (Lipinski definition) is 4. The number of nitrogens with zero attached hydrogens (tertiary/aromatic N) is 2. The monoisotopic (exact) mass is 275 g/mol. The van der Waals surface area contributed by atoms with Gasteiger partial charge in [0.15, 0.2) is 17.3 Å². The molecule has 4 rings (SSSR count). The molecule has 21 heavy (non-hydrogen) atoms. The van der Waals surface area contributed by atoms with E-state index in [1.165, 1.54) is 0 Å². The lowest BCUT2D eigenvalue weighted by Crippen LogP contribution is -2.17. The van der Waals surface area contributed by atoms with Crippen LogP contribution in [0, 0.1) is 0 Å². The number of ether oxygens (including phenoxy) is 1. The molecule has 0 unspecified atom stereocenters. The molecule has 0 bridgehead atoms. The number of benzene rings is 2. The summed E-state index contributed by atoms with van der Waals surface area (Å²) in [6, 6.07) is 19.6. The average Bonchev–Trinajstić information content (AvgIpc) is 2.54. The molecule has 2 aromatic carbocycles. The van der Waals surface area contributed by atoms with Crippen molar-refractivity contribution >= 4 is 22.9 Å². The first kappa shape index (κ1) is 11.8. The third-order valence-corrected chi connectivity index (χ3v) is 3.45. The van der Waals surface area contributed by atoms with Crippen molar-refractivity contribution in [2.45, 2.75) is 0 Å². The molecule has 1 aliphatic rings. The van der Waals surface area contributed by atoms with Crippen molar-refractivity contribution in [2.24, 2.45) is 0 Å². The number of fused-ring (bicyclic) bond motifs is 2. The lowest BCUT2D eigenvalue weighted by molar-refractivity contribution is 0.476. The summed E-state index contributed by atoms with van der Waals surface area (Å²) in [7, 11) is 0. The van der Waals surface area contributed by atoms with E-state index in [2.05, 4.69) is 9.88 Å². The number of rotatable bonds is 1. The van der Waals surface area contributed by atoms with E-state index < -0.39 is 0 Å². The van der Waals surface area contributed by atoms with Crippen LogP contribution >= 0.6 is 0 Å². The van der Waals surface area contributed by atoms with Gasteiger partial charge in [0.1, 0.15) is 0 Å². The Morgan fingerprint density at radius 3 is 2.62 bits per heavy atom. The number of aromatic nitrogens is 1. The minimum Gasteiger partial charge on any atom is -0.449 e. The Morgan fingerprint density at radius 1 is 0.905 bits per heavy atom. The van der Waals surface area contributed by atoms with E-state index >= 15 is 0 Å². The third-order valence-electron chi connectivity index (χ3n) is 3.45. The molecule has 4 nitrogen and oxygen atoms in total. The van der Waals surface area contributed by atoms with Gasteiger partial charge in [-0.1, -0.05) is 24.3 Å². The average molecular weight is 275 g/mol. The summed E-state index contributed by atoms with van der Waals surface area (Å²) in [5.74, 6) is 2.13. The highest BCUT2D eigenvalue weighted by molar-refractivity contribution is 5.87. The van der Waals surface area contributed by atoms with Crippen LogP contribution in [0.4, 0.5) is 22.9 Å². The standard InChI is InChI=1S/C17H13N3O/c18-13-8-4-9-14-16(13)21-15-10-5-11-19-17(15)20(14)12-6-2-1-3-7-12/h1-11H,18H2. The van der Waals surface area contributed by atoms with E-state index in [1.54, 1.807) is 6.20 Å². The highest BCUT2D eigenvalue weighted by Gasteiger charge is 2.27. The Labute approximate surface area is 122 Å². The SMILES string of the molecule is Nc1cccc2c1Oc1cccnc1N2c1ccccc1. The molecule has 0 radical (unpaired) electrons. The van der Waals surface area contributed by atoms with Crippen molar-refractivity contribution in [3.8, 4) is 11.5 Å². The summed E-state index contributed by atoms with van der Waals surface area (Å²) < 4.78 is 5.93. The van der Waals surface area contributed by atoms with E-state index in [9.17, 15) is 0 Å². The Hall–Kier alpha value is -3.01. The Kier molecular flexibility index (Phi) is 2.54. The quantitative estimate of drug-likeness (QED) is 0.528. The van der Waals surface area contributed by atoms with Crippen LogP contribution in [0.3, 0.4) is 0 Å². The predicted octanol–water partition coefficient (Wildman–Crippen LogP) is 4.24. The molecule has 2 N–H and O–H groups in total. The van der Waals surface area contributed by atoms with Crippen LogP contribution < -0.4 is 15.4 Å². The molecule has 2 heterocycles.